The first kappa shape index (κ1) is 14.9. The van der Waals surface area contributed by atoms with E-state index in [1.165, 1.54) is 18.1 Å². The Hall–Kier alpha value is -1.47. The van der Waals surface area contributed by atoms with Gasteiger partial charge in [-0.25, -0.2) is 0 Å². The number of nitrogens with one attached hydrogen (secondary N) is 1. The summed E-state index contributed by atoms with van der Waals surface area (Å²) in [6.45, 7) is 0. The van der Waals surface area contributed by atoms with Crippen molar-refractivity contribution in [3.05, 3.63) is 18.2 Å². The zero-order valence-electron chi connectivity index (χ0n) is 11.3. The average molecular weight is 312 g/mol. The Kier molecular flexibility index (Phi) is 4.72. The van der Waals surface area contributed by atoms with Crippen molar-refractivity contribution in [2.24, 2.45) is 0 Å². The maximum absolute atomic E-state index is 12.3. The fraction of sp³-hybridized carbons (Fsp3) is 0.385. The number of benzene rings is 1. The van der Waals surface area contributed by atoms with Gasteiger partial charge in [0, 0.05) is 6.07 Å². The van der Waals surface area contributed by atoms with Crippen molar-refractivity contribution in [1.29, 1.82) is 0 Å². The minimum absolute atomic E-state index is 0.0202. The first-order valence-electron chi connectivity index (χ1n) is 6.09. The highest BCUT2D eigenvalue weighted by atomic mass is 32.2. The lowest BCUT2D eigenvalue weighted by Crippen LogP contribution is -2.31. The first-order chi connectivity index (χ1) is 9.58. The van der Waals surface area contributed by atoms with Gasteiger partial charge in [0.2, 0.25) is 0 Å². The van der Waals surface area contributed by atoms with E-state index in [0.717, 1.165) is 12.2 Å². The highest BCUT2D eigenvalue weighted by molar-refractivity contribution is 7.98. The third kappa shape index (κ3) is 2.83. The molecule has 0 aliphatic carbocycles. The number of methoxy groups -OCH3 is 1. The number of hydrogen-bond donors (Lipinski definition) is 2. The fourth-order valence-electron chi connectivity index (χ4n) is 2.02. The van der Waals surface area contributed by atoms with Crippen LogP contribution in [0.4, 0.5) is 5.69 Å². The molecule has 20 heavy (non-hydrogen) atoms. The lowest BCUT2D eigenvalue weighted by atomic mass is 10.2. The molecule has 1 saturated heterocycles. The molecule has 1 aliphatic heterocycles. The van der Waals surface area contributed by atoms with Gasteiger partial charge in [0.25, 0.3) is 5.91 Å². The summed E-state index contributed by atoms with van der Waals surface area (Å²) in [5.41, 5.74) is 0.539. The van der Waals surface area contributed by atoms with Crippen molar-refractivity contribution in [3.8, 4) is 11.5 Å². The van der Waals surface area contributed by atoms with Gasteiger partial charge >= 0.3 is 0 Å². The molecule has 1 heterocycles. The summed E-state index contributed by atoms with van der Waals surface area (Å²) in [6.07, 6.45) is 2.72. The van der Waals surface area contributed by atoms with E-state index < -0.39 is 0 Å². The number of thioether (sulfide) groups is 1. The molecule has 1 atom stereocenters. The van der Waals surface area contributed by atoms with Gasteiger partial charge in [0.15, 0.2) is 16.6 Å². The highest BCUT2D eigenvalue weighted by Gasteiger charge is 2.36. The zero-order chi connectivity index (χ0) is 14.7. The van der Waals surface area contributed by atoms with Gasteiger partial charge in [-0.2, -0.15) is 11.8 Å². The Morgan fingerprint density at radius 1 is 1.55 bits per heavy atom. The number of anilines is 1. The summed E-state index contributed by atoms with van der Waals surface area (Å²) in [5, 5.41) is 13.2. The zero-order valence-corrected chi connectivity index (χ0v) is 12.9. The Morgan fingerprint density at radius 2 is 2.30 bits per heavy atom. The summed E-state index contributed by atoms with van der Waals surface area (Å²) >= 11 is 6.89. The number of hydrogen-bond acceptors (Lipinski definition) is 5. The van der Waals surface area contributed by atoms with Gasteiger partial charge in [0.1, 0.15) is 6.04 Å². The van der Waals surface area contributed by atoms with E-state index in [4.69, 9.17) is 17.0 Å². The largest absolute Gasteiger partial charge is 0.504 e. The van der Waals surface area contributed by atoms with Crippen molar-refractivity contribution in [1.82, 2.24) is 5.32 Å². The lowest BCUT2D eigenvalue weighted by molar-refractivity contribution is -0.118. The van der Waals surface area contributed by atoms with Crippen LogP contribution in [0.5, 0.6) is 11.5 Å². The van der Waals surface area contributed by atoms with Gasteiger partial charge in [-0.3, -0.25) is 9.69 Å². The van der Waals surface area contributed by atoms with Gasteiger partial charge in [-0.15, -0.1) is 0 Å². The molecule has 0 unspecified atom stereocenters. The van der Waals surface area contributed by atoms with Crippen molar-refractivity contribution >= 4 is 40.7 Å². The number of ether oxygens (including phenoxy) is 1. The molecular formula is C13H16N2O3S2. The molecular weight excluding hydrogens is 296 g/mol. The van der Waals surface area contributed by atoms with Crippen molar-refractivity contribution in [2.75, 3.05) is 24.0 Å². The molecule has 1 aromatic rings. The predicted octanol–water partition coefficient (Wildman–Crippen LogP) is 1.74. The SMILES string of the molecule is COc1ccc(N2C(=O)[C@@H](CCSC)NC2=S)cc1O. The highest BCUT2D eigenvalue weighted by Crippen LogP contribution is 2.32. The molecule has 0 bridgehead atoms. The third-order valence-electron chi connectivity index (χ3n) is 3.05. The van der Waals surface area contributed by atoms with Crippen LogP contribution < -0.4 is 15.0 Å². The smallest absolute Gasteiger partial charge is 0.255 e. The fourth-order valence-corrected chi connectivity index (χ4v) is 2.83. The molecule has 1 fully saturated rings. The molecule has 0 aromatic heterocycles. The molecule has 108 valence electrons. The Bertz CT molecular complexity index is 536. The number of phenolic OH excluding ortho intramolecular Hbond substituents is 1. The van der Waals surface area contributed by atoms with E-state index in [0.29, 0.717) is 16.5 Å². The van der Waals surface area contributed by atoms with Crippen LogP contribution in [0, 0.1) is 0 Å². The number of amides is 1. The van der Waals surface area contributed by atoms with Gasteiger partial charge in [-0.1, -0.05) is 0 Å². The van der Waals surface area contributed by atoms with Crippen LogP contribution in [0.2, 0.25) is 0 Å². The van der Waals surface area contributed by atoms with E-state index in [1.54, 1.807) is 23.9 Å². The maximum atomic E-state index is 12.3. The summed E-state index contributed by atoms with van der Waals surface area (Å²) < 4.78 is 4.99. The van der Waals surface area contributed by atoms with Crippen LogP contribution in [-0.4, -0.2) is 41.3 Å². The molecule has 0 spiro atoms. The van der Waals surface area contributed by atoms with Gasteiger partial charge in [-0.05, 0) is 42.8 Å². The van der Waals surface area contributed by atoms with Crippen LogP contribution in [0.3, 0.4) is 0 Å². The minimum atomic E-state index is -0.292. The molecule has 2 rings (SSSR count). The number of nitrogens with zero attached hydrogens (tertiary/aromatic N) is 1. The number of carbonyl (C=O) groups excluding carboxylic acids is 1. The van der Waals surface area contributed by atoms with Crippen molar-refractivity contribution in [2.45, 2.75) is 12.5 Å². The van der Waals surface area contributed by atoms with Crippen LogP contribution in [0.1, 0.15) is 6.42 Å². The molecule has 5 nitrogen and oxygen atoms in total. The van der Waals surface area contributed by atoms with Crippen LogP contribution in [-0.2, 0) is 4.79 Å². The standard InChI is InChI=1S/C13H16N2O3S2/c1-18-11-4-3-8(7-10(11)16)15-12(17)9(5-6-20-2)14-13(15)19/h3-4,7,9,16H,5-6H2,1-2H3,(H,14,19)/t9-/m1/s1. The lowest BCUT2D eigenvalue weighted by Gasteiger charge is -2.16. The second-order valence-corrected chi connectivity index (χ2v) is 5.69. The van der Waals surface area contributed by atoms with Crippen molar-refractivity contribution < 1.29 is 14.6 Å². The van der Waals surface area contributed by atoms with E-state index in [9.17, 15) is 9.90 Å². The molecule has 1 aliphatic rings. The second kappa shape index (κ2) is 6.32. The van der Waals surface area contributed by atoms with Gasteiger partial charge in [0.05, 0.1) is 12.8 Å². The number of phenols is 1. The molecule has 1 aromatic carbocycles. The molecule has 1 amide bonds. The summed E-state index contributed by atoms with van der Waals surface area (Å²) in [7, 11) is 1.47. The monoisotopic (exact) mass is 312 g/mol. The summed E-state index contributed by atoms with van der Waals surface area (Å²) in [5.74, 6) is 1.13. The van der Waals surface area contributed by atoms with Crippen LogP contribution in [0.15, 0.2) is 18.2 Å². The summed E-state index contributed by atoms with van der Waals surface area (Å²) in [6, 6.07) is 4.48. The number of thiocarbonyl (C=S) groups is 1. The first-order valence-corrected chi connectivity index (χ1v) is 7.89. The second-order valence-electron chi connectivity index (χ2n) is 4.31. The number of rotatable bonds is 5. The van der Waals surface area contributed by atoms with Crippen molar-refractivity contribution in [3.63, 3.8) is 0 Å². The molecule has 2 N–H and O–H groups in total. The summed E-state index contributed by atoms with van der Waals surface area (Å²) in [4.78, 5) is 13.8. The van der Waals surface area contributed by atoms with E-state index in [1.807, 2.05) is 6.26 Å². The predicted molar refractivity (Wildman–Crippen MR) is 84.7 cm³/mol. The van der Waals surface area contributed by atoms with E-state index >= 15 is 0 Å². The van der Waals surface area contributed by atoms with Crippen LogP contribution >= 0.6 is 24.0 Å². The Labute approximate surface area is 127 Å². The third-order valence-corrected chi connectivity index (χ3v) is 3.99. The Balaban J connectivity index is 2.22. The topological polar surface area (TPSA) is 61.8 Å². The van der Waals surface area contributed by atoms with E-state index in [-0.39, 0.29) is 17.7 Å². The Morgan fingerprint density at radius 3 is 2.90 bits per heavy atom. The number of carbonyl (C=O) groups is 1. The van der Waals surface area contributed by atoms with E-state index in [2.05, 4.69) is 5.32 Å². The quantitative estimate of drug-likeness (QED) is 0.808. The minimum Gasteiger partial charge on any atom is -0.504 e. The molecule has 0 saturated carbocycles. The normalized spacial score (nSPS) is 18.3. The molecule has 0 radical (unpaired) electrons. The van der Waals surface area contributed by atoms with Gasteiger partial charge < -0.3 is 15.2 Å². The maximum Gasteiger partial charge on any atom is 0.255 e. The average Bonchev–Trinajstić information content (AvgIpc) is 2.71. The van der Waals surface area contributed by atoms with Crippen LogP contribution in [0.25, 0.3) is 0 Å². The number of aromatic hydroxyl groups is 1. The molecule has 7 heteroatoms.